The maximum Gasteiger partial charge on any atom is 0.253 e. The van der Waals surface area contributed by atoms with Crippen LogP contribution in [0.1, 0.15) is 41.6 Å². The number of ether oxygens (including phenoxy) is 1. The Kier molecular flexibility index (Phi) is 6.59. The van der Waals surface area contributed by atoms with Gasteiger partial charge in [0, 0.05) is 64.7 Å². The molecule has 1 unspecified atom stereocenters. The second-order valence-electron chi connectivity index (χ2n) is 10.4. The van der Waals surface area contributed by atoms with Gasteiger partial charge < -0.3 is 15.0 Å². The number of rotatable bonds is 9. The van der Waals surface area contributed by atoms with Gasteiger partial charge in [-0.3, -0.25) is 19.5 Å². The quantitative estimate of drug-likeness (QED) is 0.597. The Balaban J connectivity index is 1.25. The number of amides is 2. The lowest BCUT2D eigenvalue weighted by Crippen LogP contribution is -2.72. The van der Waals surface area contributed by atoms with Gasteiger partial charge in [0.25, 0.3) is 5.91 Å². The summed E-state index contributed by atoms with van der Waals surface area (Å²) in [5.41, 5.74) is 1.59. The zero-order valence-electron chi connectivity index (χ0n) is 20.2. The van der Waals surface area contributed by atoms with Gasteiger partial charge >= 0.3 is 0 Å². The van der Waals surface area contributed by atoms with Crippen molar-refractivity contribution in [3.8, 4) is 0 Å². The van der Waals surface area contributed by atoms with E-state index >= 15 is 0 Å². The number of hydrogen-bond acceptors (Lipinski definition) is 5. The lowest BCUT2D eigenvalue weighted by Gasteiger charge is -2.73. The molecule has 7 nitrogen and oxygen atoms in total. The molecule has 1 aliphatic heterocycles. The largest absolute Gasteiger partial charge is 0.383 e. The monoisotopic (exact) mass is 480 g/mol. The number of benzene rings is 1. The Hall–Kier alpha value is -2.84. The summed E-state index contributed by atoms with van der Waals surface area (Å²) in [5.74, 6) is -0.334. The van der Waals surface area contributed by atoms with Crippen LogP contribution in [-0.4, -0.2) is 79.1 Å². The number of pyridine rings is 1. The van der Waals surface area contributed by atoms with Crippen LogP contribution in [0.5, 0.6) is 0 Å². The highest BCUT2D eigenvalue weighted by Crippen LogP contribution is 2.75. The van der Waals surface area contributed by atoms with E-state index in [9.17, 15) is 14.0 Å². The molecule has 1 N–H and O–H groups in total. The van der Waals surface area contributed by atoms with E-state index in [4.69, 9.17) is 4.74 Å². The topological polar surface area (TPSA) is 74.8 Å². The van der Waals surface area contributed by atoms with Crippen molar-refractivity contribution in [3.05, 3.63) is 65.7 Å². The summed E-state index contributed by atoms with van der Waals surface area (Å²) in [6.07, 6.45) is 6.20. The fourth-order valence-corrected chi connectivity index (χ4v) is 6.25. The summed E-state index contributed by atoms with van der Waals surface area (Å²) >= 11 is 0. The molecule has 0 spiro atoms. The molecule has 4 aliphatic rings. The third-order valence-electron chi connectivity index (χ3n) is 8.21. The Bertz CT molecular complexity index is 1030. The summed E-state index contributed by atoms with van der Waals surface area (Å²) in [4.78, 5) is 34.6. The number of carbonyl (C=O) groups is 2. The Morgan fingerprint density at radius 1 is 1.11 bits per heavy atom. The smallest absolute Gasteiger partial charge is 0.253 e. The first-order valence-corrected chi connectivity index (χ1v) is 12.4. The molecule has 8 heteroatoms. The molecule has 2 aromatic rings. The van der Waals surface area contributed by atoms with Crippen molar-refractivity contribution in [3.63, 3.8) is 0 Å². The molecular formula is C27H33FN4O3. The number of methoxy groups -OCH3 is 1. The standard InChI is InChI=1S/C27H33FN4O3/c1-35-14-13-31-9-11-32(12-10-31)24(33)15-23(30-25(34)20-3-2-8-29-16-20)27-17-26(18-27,19-27)21-4-6-22(28)7-5-21/h2-8,16,23H,9-15,17-19H2,1H3,(H,30,34). The van der Waals surface area contributed by atoms with Gasteiger partial charge in [-0.05, 0) is 59.9 Å². The number of aromatic nitrogens is 1. The summed E-state index contributed by atoms with van der Waals surface area (Å²) in [5, 5.41) is 3.18. The molecule has 1 atom stereocenters. The summed E-state index contributed by atoms with van der Waals surface area (Å²) in [7, 11) is 1.70. The zero-order chi connectivity index (χ0) is 24.5. The van der Waals surface area contributed by atoms with Crippen LogP contribution < -0.4 is 5.32 Å². The average Bonchev–Trinajstić information content (AvgIpc) is 2.83. The normalized spacial score (nSPS) is 26.4. The molecule has 3 aliphatic carbocycles. The van der Waals surface area contributed by atoms with E-state index in [1.165, 1.54) is 12.1 Å². The van der Waals surface area contributed by atoms with E-state index in [0.29, 0.717) is 31.7 Å². The molecule has 2 amide bonds. The molecule has 186 valence electrons. The molecule has 0 radical (unpaired) electrons. The molecular weight excluding hydrogens is 447 g/mol. The molecule has 4 fully saturated rings. The van der Waals surface area contributed by atoms with E-state index in [2.05, 4.69) is 15.2 Å². The van der Waals surface area contributed by atoms with Crippen LogP contribution in [0.3, 0.4) is 0 Å². The summed E-state index contributed by atoms with van der Waals surface area (Å²) in [6.45, 7) is 4.61. The fourth-order valence-electron chi connectivity index (χ4n) is 6.25. The van der Waals surface area contributed by atoms with Gasteiger partial charge in [-0.15, -0.1) is 0 Å². The number of nitrogens with zero attached hydrogens (tertiary/aromatic N) is 3. The Labute approximate surface area is 205 Å². The summed E-state index contributed by atoms with van der Waals surface area (Å²) < 4.78 is 18.6. The van der Waals surface area contributed by atoms with Crippen LogP contribution in [0, 0.1) is 11.2 Å². The first kappa shape index (κ1) is 23.9. The van der Waals surface area contributed by atoms with Gasteiger partial charge in [0.15, 0.2) is 0 Å². The van der Waals surface area contributed by atoms with Crippen molar-refractivity contribution < 1.29 is 18.7 Å². The van der Waals surface area contributed by atoms with Crippen LogP contribution in [0.4, 0.5) is 4.39 Å². The minimum absolute atomic E-state index is 0.0427. The number of nitrogens with one attached hydrogen (secondary N) is 1. The average molecular weight is 481 g/mol. The van der Waals surface area contributed by atoms with Gasteiger partial charge in [0.05, 0.1) is 12.2 Å². The molecule has 6 rings (SSSR count). The summed E-state index contributed by atoms with van der Waals surface area (Å²) in [6, 6.07) is 10.0. The lowest BCUT2D eigenvalue weighted by molar-refractivity contribution is -0.169. The van der Waals surface area contributed by atoms with Crippen LogP contribution in [0.15, 0.2) is 48.8 Å². The Morgan fingerprint density at radius 2 is 1.83 bits per heavy atom. The highest BCUT2D eigenvalue weighted by atomic mass is 19.1. The first-order chi connectivity index (χ1) is 16.9. The third-order valence-corrected chi connectivity index (χ3v) is 8.21. The highest BCUT2D eigenvalue weighted by molar-refractivity contribution is 5.94. The minimum atomic E-state index is -0.239. The van der Waals surface area contributed by atoms with Gasteiger partial charge in [0.2, 0.25) is 5.91 Å². The molecule has 35 heavy (non-hydrogen) atoms. The lowest BCUT2D eigenvalue weighted by atomic mass is 9.31. The van der Waals surface area contributed by atoms with E-state index in [1.807, 2.05) is 17.0 Å². The highest BCUT2D eigenvalue weighted by Gasteiger charge is 2.71. The van der Waals surface area contributed by atoms with Crippen LogP contribution in [0.25, 0.3) is 0 Å². The van der Waals surface area contributed by atoms with Crippen LogP contribution >= 0.6 is 0 Å². The molecule has 2 bridgehead atoms. The maximum absolute atomic E-state index is 13.4. The molecule has 1 aromatic heterocycles. The third kappa shape index (κ3) is 4.69. The first-order valence-electron chi connectivity index (χ1n) is 12.4. The predicted octanol–water partition coefficient (Wildman–Crippen LogP) is 2.62. The zero-order valence-corrected chi connectivity index (χ0v) is 20.2. The fraction of sp³-hybridized carbons (Fsp3) is 0.519. The number of carbonyl (C=O) groups excluding carboxylic acids is 2. The van der Waals surface area contributed by atoms with E-state index < -0.39 is 0 Å². The maximum atomic E-state index is 13.4. The van der Waals surface area contributed by atoms with Crippen molar-refractivity contribution in [1.82, 2.24) is 20.1 Å². The molecule has 2 heterocycles. The van der Waals surface area contributed by atoms with Crippen molar-refractivity contribution in [2.24, 2.45) is 5.41 Å². The number of piperazine rings is 1. The van der Waals surface area contributed by atoms with Crippen LogP contribution in [-0.2, 0) is 14.9 Å². The van der Waals surface area contributed by atoms with Crippen molar-refractivity contribution >= 4 is 11.8 Å². The van der Waals surface area contributed by atoms with E-state index in [1.54, 1.807) is 31.6 Å². The van der Waals surface area contributed by atoms with Crippen molar-refractivity contribution in [2.75, 3.05) is 46.4 Å². The SMILES string of the molecule is COCCN1CCN(C(=O)CC(NC(=O)c2cccnc2)C23CC(c4ccc(F)cc4)(C2)C3)CC1. The number of halogens is 1. The molecule has 1 aromatic carbocycles. The van der Waals surface area contributed by atoms with E-state index in [-0.39, 0.29) is 34.5 Å². The predicted molar refractivity (Wildman–Crippen MR) is 129 cm³/mol. The molecule has 1 saturated heterocycles. The van der Waals surface area contributed by atoms with Gasteiger partial charge in [-0.2, -0.15) is 0 Å². The second-order valence-corrected chi connectivity index (χ2v) is 10.4. The van der Waals surface area contributed by atoms with Crippen molar-refractivity contribution in [1.29, 1.82) is 0 Å². The number of hydrogen-bond donors (Lipinski definition) is 1. The van der Waals surface area contributed by atoms with Crippen LogP contribution in [0.2, 0.25) is 0 Å². The Morgan fingerprint density at radius 3 is 2.46 bits per heavy atom. The van der Waals surface area contributed by atoms with Gasteiger partial charge in [-0.1, -0.05) is 12.1 Å². The second kappa shape index (κ2) is 9.66. The van der Waals surface area contributed by atoms with E-state index in [0.717, 1.165) is 44.5 Å². The molecule has 3 saturated carbocycles. The van der Waals surface area contributed by atoms with Gasteiger partial charge in [0.1, 0.15) is 5.82 Å². The minimum Gasteiger partial charge on any atom is -0.383 e. The van der Waals surface area contributed by atoms with Gasteiger partial charge in [-0.25, -0.2) is 4.39 Å². The van der Waals surface area contributed by atoms with Crippen molar-refractivity contribution in [2.45, 2.75) is 37.1 Å².